The first-order valence-electron chi connectivity index (χ1n) is 5.64. The lowest BCUT2D eigenvalue weighted by Gasteiger charge is -2.22. The van der Waals surface area contributed by atoms with Crippen molar-refractivity contribution in [1.82, 2.24) is 0 Å². The minimum absolute atomic E-state index is 0.0277. The number of benzene rings is 1. The van der Waals surface area contributed by atoms with Crippen molar-refractivity contribution < 1.29 is 17.7 Å². The Bertz CT molecular complexity index is 632. The fraction of sp³-hybridized carbons (Fsp3) is 0.455. The van der Waals surface area contributed by atoms with Crippen LogP contribution in [0.5, 0.6) is 0 Å². The molecule has 1 aromatic rings. The van der Waals surface area contributed by atoms with Gasteiger partial charge in [0, 0.05) is 11.6 Å². The summed E-state index contributed by atoms with van der Waals surface area (Å²) in [6, 6.07) is 3.82. The third-order valence-corrected chi connectivity index (χ3v) is 5.06. The first kappa shape index (κ1) is 13.9. The lowest BCUT2D eigenvalue weighted by Crippen LogP contribution is -2.43. The minimum atomic E-state index is -3.19. The van der Waals surface area contributed by atoms with Gasteiger partial charge in [0.1, 0.15) is 0 Å². The van der Waals surface area contributed by atoms with E-state index in [9.17, 15) is 22.9 Å². The van der Waals surface area contributed by atoms with Gasteiger partial charge in [-0.15, -0.1) is 0 Å². The zero-order valence-corrected chi connectivity index (χ0v) is 10.8. The van der Waals surface area contributed by atoms with Crippen molar-refractivity contribution in [1.29, 1.82) is 0 Å². The van der Waals surface area contributed by atoms with Gasteiger partial charge in [0.15, 0.2) is 9.84 Å². The summed E-state index contributed by atoms with van der Waals surface area (Å²) in [6.07, 6.45) is 0.206. The molecule has 8 heteroatoms. The van der Waals surface area contributed by atoms with Crippen LogP contribution in [0.3, 0.4) is 0 Å². The lowest BCUT2D eigenvalue weighted by molar-refractivity contribution is -0.387. The second-order valence-corrected chi connectivity index (χ2v) is 7.07. The molecule has 0 aromatic heterocycles. The third kappa shape index (κ3) is 2.90. The second kappa shape index (κ2) is 4.53. The number of hydrogen-bond donors (Lipinski definition) is 1. The fourth-order valence-corrected chi connectivity index (χ4v) is 4.29. The van der Waals surface area contributed by atoms with Crippen molar-refractivity contribution in [3.05, 3.63) is 39.7 Å². The highest BCUT2D eigenvalue weighted by Crippen LogP contribution is 2.28. The minimum Gasteiger partial charge on any atom is -0.324 e. The van der Waals surface area contributed by atoms with Crippen LogP contribution < -0.4 is 5.73 Å². The van der Waals surface area contributed by atoms with Gasteiger partial charge in [-0.3, -0.25) is 10.1 Å². The molecular formula is C11H13FN2O4S. The Morgan fingerprint density at radius 3 is 2.68 bits per heavy atom. The highest BCUT2D eigenvalue weighted by atomic mass is 32.2. The highest BCUT2D eigenvalue weighted by Gasteiger charge is 2.39. The molecule has 1 atom stereocenters. The zero-order chi connectivity index (χ0) is 14.3. The van der Waals surface area contributed by atoms with Crippen LogP contribution in [-0.2, 0) is 16.3 Å². The van der Waals surface area contributed by atoms with Gasteiger partial charge in [-0.2, -0.15) is 4.39 Å². The smallest absolute Gasteiger partial charge is 0.305 e. The van der Waals surface area contributed by atoms with Crippen molar-refractivity contribution in [2.75, 3.05) is 11.5 Å². The Morgan fingerprint density at radius 2 is 2.16 bits per heavy atom. The van der Waals surface area contributed by atoms with Crippen molar-refractivity contribution in [2.24, 2.45) is 5.73 Å². The summed E-state index contributed by atoms with van der Waals surface area (Å²) in [4.78, 5) is 9.82. The molecule has 1 unspecified atom stereocenters. The van der Waals surface area contributed by atoms with Crippen molar-refractivity contribution >= 4 is 15.5 Å². The molecule has 0 bridgehead atoms. The molecular weight excluding hydrogens is 275 g/mol. The van der Waals surface area contributed by atoms with Crippen LogP contribution in [0.4, 0.5) is 10.1 Å². The maximum atomic E-state index is 13.9. The molecule has 1 aromatic carbocycles. The molecule has 1 saturated heterocycles. The summed E-state index contributed by atoms with van der Waals surface area (Å²) in [5.41, 5.74) is 4.35. The van der Waals surface area contributed by atoms with Crippen LogP contribution in [-0.4, -0.2) is 30.4 Å². The average Bonchev–Trinajstić information content (AvgIpc) is 2.56. The van der Waals surface area contributed by atoms with Crippen molar-refractivity contribution in [3.8, 4) is 0 Å². The molecule has 1 heterocycles. The first-order chi connectivity index (χ1) is 8.72. The van der Waals surface area contributed by atoms with Gasteiger partial charge in [-0.05, 0) is 18.4 Å². The van der Waals surface area contributed by atoms with Gasteiger partial charge in [0.05, 0.1) is 16.4 Å². The van der Waals surface area contributed by atoms with Crippen LogP contribution in [0.2, 0.25) is 0 Å². The van der Waals surface area contributed by atoms with E-state index in [-0.39, 0.29) is 29.9 Å². The Hall–Kier alpha value is -1.54. The molecule has 1 aliphatic rings. The Kier molecular flexibility index (Phi) is 3.31. The van der Waals surface area contributed by atoms with Gasteiger partial charge in [0.25, 0.3) is 0 Å². The predicted octanol–water partition coefficient (Wildman–Crippen LogP) is 0.792. The summed E-state index contributed by atoms with van der Waals surface area (Å²) in [6.45, 7) is 0. The van der Waals surface area contributed by atoms with Crippen LogP contribution in [0.15, 0.2) is 18.2 Å². The maximum absolute atomic E-state index is 13.9. The van der Waals surface area contributed by atoms with Crippen LogP contribution >= 0.6 is 0 Å². The van der Waals surface area contributed by atoms with Crippen LogP contribution in [0.25, 0.3) is 0 Å². The molecule has 1 aliphatic heterocycles. The Labute approximate surface area is 109 Å². The van der Waals surface area contributed by atoms with E-state index in [2.05, 4.69) is 0 Å². The van der Waals surface area contributed by atoms with Crippen LogP contribution in [0, 0.1) is 15.9 Å². The quantitative estimate of drug-likeness (QED) is 0.654. The van der Waals surface area contributed by atoms with Gasteiger partial charge in [-0.25, -0.2) is 8.42 Å². The highest BCUT2D eigenvalue weighted by molar-refractivity contribution is 7.91. The van der Waals surface area contributed by atoms with E-state index in [0.717, 1.165) is 6.07 Å². The molecule has 2 N–H and O–H groups in total. The number of nitro groups is 1. The van der Waals surface area contributed by atoms with Gasteiger partial charge in [0.2, 0.25) is 5.82 Å². The SMILES string of the molecule is NC1(Cc2cccc([N+](=O)[O-])c2F)CCS(=O)(=O)C1. The number of nitro benzene ring substituents is 1. The standard InChI is InChI=1S/C11H13FN2O4S/c12-10-8(2-1-3-9(10)14(15)16)6-11(13)4-5-19(17,18)7-11/h1-3H,4-7,13H2. The van der Waals surface area contributed by atoms with Crippen molar-refractivity contribution in [3.63, 3.8) is 0 Å². The molecule has 0 amide bonds. The lowest BCUT2D eigenvalue weighted by atomic mass is 9.91. The number of rotatable bonds is 3. The number of halogens is 1. The molecule has 6 nitrogen and oxygen atoms in total. The van der Waals surface area contributed by atoms with Gasteiger partial charge >= 0.3 is 5.69 Å². The summed E-state index contributed by atoms with van der Waals surface area (Å²) in [5.74, 6) is -1.19. The third-order valence-electron chi connectivity index (χ3n) is 3.22. The normalized spacial score (nSPS) is 25.4. The number of nitrogens with two attached hydrogens (primary N) is 1. The number of hydrogen-bond acceptors (Lipinski definition) is 5. The number of sulfone groups is 1. The second-order valence-electron chi connectivity index (χ2n) is 4.89. The maximum Gasteiger partial charge on any atom is 0.305 e. The molecule has 0 aliphatic carbocycles. The molecule has 104 valence electrons. The summed E-state index contributed by atoms with van der Waals surface area (Å²) in [7, 11) is -3.19. The first-order valence-corrected chi connectivity index (χ1v) is 7.46. The summed E-state index contributed by atoms with van der Waals surface area (Å²) in [5, 5.41) is 10.6. The topological polar surface area (TPSA) is 103 Å². The average molecular weight is 288 g/mol. The molecule has 0 saturated carbocycles. The summed E-state index contributed by atoms with van der Waals surface area (Å²) >= 11 is 0. The monoisotopic (exact) mass is 288 g/mol. The molecule has 1 fully saturated rings. The van der Waals surface area contributed by atoms with Crippen LogP contribution in [0.1, 0.15) is 12.0 Å². The van der Waals surface area contributed by atoms with E-state index in [1.807, 2.05) is 0 Å². The van der Waals surface area contributed by atoms with Gasteiger partial charge < -0.3 is 5.73 Å². The van der Waals surface area contributed by atoms with E-state index < -0.39 is 31.8 Å². The zero-order valence-electron chi connectivity index (χ0n) is 10.0. The van der Waals surface area contributed by atoms with E-state index in [1.54, 1.807) is 0 Å². The molecule has 2 rings (SSSR count). The van der Waals surface area contributed by atoms with Gasteiger partial charge in [-0.1, -0.05) is 12.1 Å². The molecule has 19 heavy (non-hydrogen) atoms. The van der Waals surface area contributed by atoms with E-state index in [4.69, 9.17) is 5.73 Å². The summed E-state index contributed by atoms with van der Waals surface area (Å²) < 4.78 is 36.7. The van der Waals surface area contributed by atoms with Crippen molar-refractivity contribution in [2.45, 2.75) is 18.4 Å². The number of nitrogens with zero attached hydrogens (tertiary/aromatic N) is 1. The largest absolute Gasteiger partial charge is 0.324 e. The predicted molar refractivity (Wildman–Crippen MR) is 66.9 cm³/mol. The molecule has 0 spiro atoms. The fourth-order valence-electron chi connectivity index (χ4n) is 2.30. The Balaban J connectivity index is 2.30. The Morgan fingerprint density at radius 1 is 1.47 bits per heavy atom. The van der Waals surface area contributed by atoms with E-state index >= 15 is 0 Å². The molecule has 0 radical (unpaired) electrons. The van der Waals surface area contributed by atoms with E-state index in [1.165, 1.54) is 12.1 Å². The van der Waals surface area contributed by atoms with E-state index in [0.29, 0.717) is 0 Å².